The van der Waals surface area contributed by atoms with E-state index < -0.39 is 0 Å². The van der Waals surface area contributed by atoms with Crippen LogP contribution in [0.2, 0.25) is 0 Å². The molecule has 1 unspecified atom stereocenters. The van der Waals surface area contributed by atoms with E-state index in [1.165, 1.54) is 6.07 Å². The molecule has 5 nitrogen and oxygen atoms in total. The molecule has 1 aromatic heterocycles. The van der Waals surface area contributed by atoms with E-state index in [1.54, 1.807) is 23.9 Å². The number of nitrogens with two attached hydrogens (primary N) is 1. The first-order valence-corrected chi connectivity index (χ1v) is 6.40. The second-order valence-electron chi connectivity index (χ2n) is 4.79. The molecule has 1 atom stereocenters. The number of hydrogen-bond donors (Lipinski definition) is 1. The quantitative estimate of drug-likeness (QED) is 0.848. The van der Waals surface area contributed by atoms with Crippen LogP contribution in [0.15, 0.2) is 23.1 Å². The minimum atomic E-state index is 0.00417. The van der Waals surface area contributed by atoms with Crippen molar-refractivity contribution in [2.75, 3.05) is 32.5 Å². The molecular weight excluding hydrogens is 230 g/mol. The van der Waals surface area contributed by atoms with E-state index >= 15 is 0 Å². The Morgan fingerprint density at radius 1 is 1.44 bits per heavy atom. The molecule has 1 aliphatic rings. The number of nitrogens with zero attached hydrogens (tertiary/aromatic N) is 2. The van der Waals surface area contributed by atoms with Gasteiger partial charge in [-0.05, 0) is 25.5 Å². The number of methoxy groups -OCH3 is 1. The fourth-order valence-electron chi connectivity index (χ4n) is 2.38. The van der Waals surface area contributed by atoms with Gasteiger partial charge < -0.3 is 15.0 Å². The van der Waals surface area contributed by atoms with Crippen LogP contribution in [0.5, 0.6) is 0 Å². The summed E-state index contributed by atoms with van der Waals surface area (Å²) in [6.07, 6.45) is 4.33. The van der Waals surface area contributed by atoms with E-state index in [1.807, 2.05) is 0 Å². The first-order valence-electron chi connectivity index (χ1n) is 6.40. The summed E-state index contributed by atoms with van der Waals surface area (Å²) in [5, 5.41) is 0. The number of nitrogen functional groups attached to an aromatic ring is 1. The summed E-state index contributed by atoms with van der Waals surface area (Å²) >= 11 is 0. The zero-order valence-electron chi connectivity index (χ0n) is 10.8. The highest BCUT2D eigenvalue weighted by Crippen LogP contribution is 2.12. The Morgan fingerprint density at radius 2 is 2.28 bits per heavy atom. The molecular formula is C13H21N3O2. The molecule has 0 spiro atoms. The van der Waals surface area contributed by atoms with Gasteiger partial charge >= 0.3 is 0 Å². The van der Waals surface area contributed by atoms with E-state index in [2.05, 4.69) is 4.90 Å². The molecule has 1 fully saturated rings. The topological polar surface area (TPSA) is 60.5 Å². The van der Waals surface area contributed by atoms with Crippen molar-refractivity contribution >= 4 is 5.69 Å². The van der Waals surface area contributed by atoms with Crippen LogP contribution in [-0.2, 0) is 11.3 Å². The van der Waals surface area contributed by atoms with Crippen LogP contribution < -0.4 is 11.3 Å². The molecule has 0 bridgehead atoms. The van der Waals surface area contributed by atoms with Gasteiger partial charge in [-0.1, -0.05) is 0 Å². The van der Waals surface area contributed by atoms with Gasteiger partial charge in [0.15, 0.2) is 0 Å². The molecule has 1 aliphatic heterocycles. The lowest BCUT2D eigenvalue weighted by Gasteiger charge is -2.31. The molecule has 1 saturated heterocycles. The van der Waals surface area contributed by atoms with Crippen LogP contribution in [0.1, 0.15) is 12.8 Å². The summed E-state index contributed by atoms with van der Waals surface area (Å²) in [6, 6.07) is 3.16. The molecule has 18 heavy (non-hydrogen) atoms. The number of rotatable bonds is 4. The number of hydrogen-bond acceptors (Lipinski definition) is 4. The third-order valence-corrected chi connectivity index (χ3v) is 3.46. The van der Waals surface area contributed by atoms with E-state index in [4.69, 9.17) is 10.5 Å². The predicted molar refractivity (Wildman–Crippen MR) is 71.6 cm³/mol. The van der Waals surface area contributed by atoms with Gasteiger partial charge in [0.1, 0.15) is 0 Å². The maximum Gasteiger partial charge on any atom is 0.250 e. The van der Waals surface area contributed by atoms with Gasteiger partial charge in [0.2, 0.25) is 0 Å². The summed E-state index contributed by atoms with van der Waals surface area (Å²) in [4.78, 5) is 14.0. The van der Waals surface area contributed by atoms with E-state index in [9.17, 15) is 4.79 Å². The van der Waals surface area contributed by atoms with Crippen molar-refractivity contribution in [2.24, 2.45) is 0 Å². The Hall–Kier alpha value is -1.33. The smallest absolute Gasteiger partial charge is 0.250 e. The largest absolute Gasteiger partial charge is 0.398 e. The van der Waals surface area contributed by atoms with Gasteiger partial charge in [0.25, 0.3) is 5.56 Å². The van der Waals surface area contributed by atoms with E-state index in [-0.39, 0.29) is 5.56 Å². The van der Waals surface area contributed by atoms with E-state index in [0.717, 1.165) is 32.5 Å². The third kappa shape index (κ3) is 3.34. The van der Waals surface area contributed by atoms with Crippen molar-refractivity contribution in [1.29, 1.82) is 0 Å². The molecule has 0 saturated carbocycles. The molecule has 2 N–H and O–H groups in total. The Kier molecular flexibility index (Phi) is 4.38. The van der Waals surface area contributed by atoms with Crippen LogP contribution in [-0.4, -0.2) is 42.3 Å². The second kappa shape index (κ2) is 6.02. The summed E-state index contributed by atoms with van der Waals surface area (Å²) in [6.45, 7) is 3.58. The van der Waals surface area contributed by atoms with Crippen LogP contribution in [0.3, 0.4) is 0 Å². The van der Waals surface area contributed by atoms with Crippen molar-refractivity contribution < 1.29 is 4.74 Å². The Balaban J connectivity index is 1.91. The summed E-state index contributed by atoms with van der Waals surface area (Å²) in [5.41, 5.74) is 6.32. The number of likely N-dealkylation sites (tertiary alicyclic amines) is 1. The number of aromatic nitrogens is 1. The molecule has 100 valence electrons. The molecule has 1 aromatic rings. The summed E-state index contributed by atoms with van der Waals surface area (Å²) < 4.78 is 7.06. The van der Waals surface area contributed by atoms with Gasteiger partial charge in [-0.15, -0.1) is 0 Å². The lowest BCUT2D eigenvalue weighted by atomic mass is 10.1. The van der Waals surface area contributed by atoms with E-state index in [0.29, 0.717) is 18.3 Å². The molecule has 0 radical (unpaired) electrons. The van der Waals surface area contributed by atoms with Gasteiger partial charge in [-0.2, -0.15) is 0 Å². The average molecular weight is 251 g/mol. The van der Waals surface area contributed by atoms with Crippen LogP contribution >= 0.6 is 0 Å². The molecule has 0 aliphatic carbocycles. The Labute approximate surface area is 107 Å². The Morgan fingerprint density at radius 3 is 3.06 bits per heavy atom. The van der Waals surface area contributed by atoms with Crippen molar-refractivity contribution in [2.45, 2.75) is 25.5 Å². The number of ether oxygens (including phenoxy) is 1. The van der Waals surface area contributed by atoms with Gasteiger partial charge in [-0.25, -0.2) is 0 Å². The normalized spacial score (nSPS) is 21.1. The summed E-state index contributed by atoms with van der Waals surface area (Å²) in [5.74, 6) is 0. The third-order valence-electron chi connectivity index (χ3n) is 3.46. The Bertz CT molecular complexity index is 444. The first-order chi connectivity index (χ1) is 8.69. The molecule has 0 amide bonds. The minimum Gasteiger partial charge on any atom is -0.398 e. The minimum absolute atomic E-state index is 0.00417. The zero-order chi connectivity index (χ0) is 13.0. The monoisotopic (exact) mass is 251 g/mol. The van der Waals surface area contributed by atoms with Crippen molar-refractivity contribution in [3.8, 4) is 0 Å². The standard InChI is InChI=1S/C13H21N3O2/c1-18-12-3-2-6-15(10-12)7-8-16-9-11(14)4-5-13(16)17/h4-5,9,12H,2-3,6-8,10,14H2,1H3. The SMILES string of the molecule is COC1CCCN(CCn2cc(N)ccc2=O)C1. The second-order valence-corrected chi connectivity index (χ2v) is 4.79. The van der Waals surface area contributed by atoms with Crippen molar-refractivity contribution in [3.63, 3.8) is 0 Å². The van der Waals surface area contributed by atoms with Gasteiger partial charge in [0, 0.05) is 44.7 Å². The highest BCUT2D eigenvalue weighted by molar-refractivity contribution is 5.33. The maximum absolute atomic E-state index is 11.6. The zero-order valence-corrected chi connectivity index (χ0v) is 10.8. The van der Waals surface area contributed by atoms with Crippen molar-refractivity contribution in [3.05, 3.63) is 28.7 Å². The predicted octanol–water partition coefficient (Wildman–Crippen LogP) is 0.541. The fourth-order valence-corrected chi connectivity index (χ4v) is 2.38. The highest BCUT2D eigenvalue weighted by atomic mass is 16.5. The van der Waals surface area contributed by atoms with Gasteiger partial charge in [0.05, 0.1) is 6.10 Å². The number of piperidine rings is 1. The lowest BCUT2D eigenvalue weighted by molar-refractivity contribution is 0.0302. The van der Waals surface area contributed by atoms with Gasteiger partial charge in [-0.3, -0.25) is 9.69 Å². The van der Waals surface area contributed by atoms with Crippen LogP contribution in [0.25, 0.3) is 0 Å². The van der Waals surface area contributed by atoms with Crippen LogP contribution in [0.4, 0.5) is 5.69 Å². The molecule has 5 heteroatoms. The fraction of sp³-hybridized carbons (Fsp3) is 0.615. The van der Waals surface area contributed by atoms with Crippen LogP contribution in [0, 0.1) is 0 Å². The van der Waals surface area contributed by atoms with Crippen molar-refractivity contribution in [1.82, 2.24) is 9.47 Å². The molecule has 2 heterocycles. The molecule has 2 rings (SSSR count). The average Bonchev–Trinajstić information content (AvgIpc) is 2.40. The number of anilines is 1. The molecule has 0 aromatic carbocycles. The lowest BCUT2D eigenvalue weighted by Crippen LogP contribution is -2.41. The maximum atomic E-state index is 11.6. The number of pyridine rings is 1. The summed E-state index contributed by atoms with van der Waals surface area (Å²) in [7, 11) is 1.76. The first kappa shape index (κ1) is 13.1. The highest BCUT2D eigenvalue weighted by Gasteiger charge is 2.18.